The molecule has 94 valence electrons. The van der Waals surface area contributed by atoms with Gasteiger partial charge in [0.1, 0.15) is 10.6 Å². The largest absolute Gasteiger partial charge is 0.490 e. The molecule has 1 saturated carbocycles. The van der Waals surface area contributed by atoms with Gasteiger partial charge in [-0.2, -0.15) is 0 Å². The van der Waals surface area contributed by atoms with Crippen molar-refractivity contribution in [2.45, 2.75) is 30.3 Å². The molecule has 5 nitrogen and oxygen atoms in total. The first-order valence-corrected chi connectivity index (χ1v) is 7.01. The van der Waals surface area contributed by atoms with Crippen molar-refractivity contribution in [3.05, 3.63) is 18.2 Å². The minimum Gasteiger partial charge on any atom is -0.490 e. The lowest BCUT2D eigenvalue weighted by Gasteiger charge is -2.26. The van der Waals surface area contributed by atoms with Gasteiger partial charge >= 0.3 is 0 Å². The van der Waals surface area contributed by atoms with E-state index in [0.717, 1.165) is 12.8 Å². The van der Waals surface area contributed by atoms with Crippen LogP contribution in [0.25, 0.3) is 0 Å². The molecule has 2 rings (SSSR count). The second kappa shape index (κ2) is 4.54. The Bertz CT molecular complexity index is 509. The topological polar surface area (TPSA) is 81.4 Å². The molecule has 1 fully saturated rings. The highest BCUT2D eigenvalue weighted by molar-refractivity contribution is 7.89. The Kier molecular flexibility index (Phi) is 3.26. The van der Waals surface area contributed by atoms with Crippen molar-refractivity contribution in [1.29, 1.82) is 0 Å². The number of rotatable bonds is 4. The number of nitrogens with two attached hydrogens (primary N) is 1. The molecule has 0 atom stereocenters. The highest BCUT2D eigenvalue weighted by atomic mass is 32.2. The van der Waals surface area contributed by atoms with Crippen LogP contribution in [0.5, 0.6) is 5.75 Å². The van der Waals surface area contributed by atoms with Crippen molar-refractivity contribution in [3.63, 3.8) is 0 Å². The molecule has 0 amide bonds. The molecule has 0 unspecified atom stereocenters. The van der Waals surface area contributed by atoms with E-state index in [2.05, 4.69) is 4.72 Å². The van der Waals surface area contributed by atoms with Crippen LogP contribution in [-0.4, -0.2) is 21.6 Å². The Hall–Kier alpha value is -1.27. The number of anilines is 1. The van der Waals surface area contributed by atoms with Crippen LogP contribution in [0.3, 0.4) is 0 Å². The molecule has 0 bridgehead atoms. The van der Waals surface area contributed by atoms with Crippen LogP contribution in [0, 0.1) is 0 Å². The van der Waals surface area contributed by atoms with E-state index in [1.54, 1.807) is 12.1 Å². The van der Waals surface area contributed by atoms with Gasteiger partial charge < -0.3 is 10.5 Å². The van der Waals surface area contributed by atoms with Gasteiger partial charge in [0, 0.05) is 6.07 Å². The smallest absolute Gasteiger partial charge is 0.242 e. The number of nitrogen functional groups attached to an aromatic ring is 1. The van der Waals surface area contributed by atoms with Gasteiger partial charge in [-0.3, -0.25) is 0 Å². The summed E-state index contributed by atoms with van der Waals surface area (Å²) in [7, 11) is -2.14. The lowest BCUT2D eigenvalue weighted by atomic mass is 9.96. The van der Waals surface area contributed by atoms with Gasteiger partial charge in [-0.1, -0.05) is 0 Å². The molecule has 0 saturated heterocycles. The maximum atomic E-state index is 11.6. The molecule has 3 N–H and O–H groups in total. The van der Waals surface area contributed by atoms with Gasteiger partial charge in [-0.15, -0.1) is 0 Å². The van der Waals surface area contributed by atoms with E-state index in [-0.39, 0.29) is 16.7 Å². The summed E-state index contributed by atoms with van der Waals surface area (Å²) in [6.45, 7) is 0. The fourth-order valence-electron chi connectivity index (χ4n) is 1.64. The lowest BCUT2D eigenvalue weighted by Crippen LogP contribution is -2.24. The molecule has 17 heavy (non-hydrogen) atoms. The predicted octanol–water partition coefficient (Wildman–Crippen LogP) is 1.11. The zero-order valence-corrected chi connectivity index (χ0v) is 10.5. The third kappa shape index (κ3) is 2.53. The van der Waals surface area contributed by atoms with E-state index in [1.807, 2.05) is 0 Å². The van der Waals surface area contributed by atoms with Crippen molar-refractivity contribution >= 4 is 15.7 Å². The molecule has 1 aromatic carbocycles. The number of ether oxygens (including phenoxy) is 1. The molecule has 1 aliphatic rings. The number of sulfonamides is 1. The zero-order chi connectivity index (χ0) is 12.5. The molecule has 0 aromatic heterocycles. The van der Waals surface area contributed by atoms with Crippen molar-refractivity contribution in [2.24, 2.45) is 0 Å². The van der Waals surface area contributed by atoms with Crippen molar-refractivity contribution < 1.29 is 13.2 Å². The predicted molar refractivity (Wildman–Crippen MR) is 65.4 cm³/mol. The van der Waals surface area contributed by atoms with Crippen LogP contribution in [-0.2, 0) is 10.0 Å². The monoisotopic (exact) mass is 256 g/mol. The second-order valence-electron chi connectivity index (χ2n) is 4.08. The minimum atomic E-state index is -3.50. The first kappa shape index (κ1) is 12.2. The Labute approximate surface area is 101 Å². The van der Waals surface area contributed by atoms with Crippen LogP contribution < -0.4 is 15.2 Å². The van der Waals surface area contributed by atoms with E-state index in [9.17, 15) is 8.42 Å². The summed E-state index contributed by atoms with van der Waals surface area (Å²) in [6.07, 6.45) is 3.54. The van der Waals surface area contributed by atoms with Crippen LogP contribution in [0.15, 0.2) is 23.1 Å². The normalized spacial score (nSPS) is 16.5. The Balaban J connectivity index is 2.22. The molecular weight excluding hydrogens is 240 g/mol. The van der Waals surface area contributed by atoms with Crippen LogP contribution in [0.4, 0.5) is 5.69 Å². The summed E-state index contributed by atoms with van der Waals surface area (Å²) in [6, 6.07) is 4.66. The Morgan fingerprint density at radius 1 is 1.41 bits per heavy atom. The van der Waals surface area contributed by atoms with Gasteiger partial charge in [0.15, 0.2) is 0 Å². The Morgan fingerprint density at radius 3 is 2.59 bits per heavy atom. The van der Waals surface area contributed by atoms with Crippen LogP contribution in [0.1, 0.15) is 19.3 Å². The fourth-order valence-corrected chi connectivity index (χ4v) is 2.47. The number of benzene rings is 1. The van der Waals surface area contributed by atoms with Gasteiger partial charge in [-0.25, -0.2) is 13.1 Å². The molecule has 0 spiro atoms. The summed E-state index contributed by atoms with van der Waals surface area (Å²) in [5.41, 5.74) is 5.92. The average Bonchev–Trinajstić information content (AvgIpc) is 2.23. The maximum absolute atomic E-state index is 11.6. The van der Waals surface area contributed by atoms with Crippen molar-refractivity contribution in [1.82, 2.24) is 4.72 Å². The summed E-state index contributed by atoms with van der Waals surface area (Å²) in [5.74, 6) is 0.627. The van der Waals surface area contributed by atoms with E-state index in [4.69, 9.17) is 10.5 Å². The molecule has 1 aromatic rings. The fraction of sp³-hybridized carbons (Fsp3) is 0.455. The summed E-state index contributed by atoms with van der Waals surface area (Å²) in [4.78, 5) is 0.0842. The van der Waals surface area contributed by atoms with Gasteiger partial charge in [0.2, 0.25) is 10.0 Å². The average molecular weight is 256 g/mol. The highest BCUT2D eigenvalue weighted by Gasteiger charge is 2.20. The maximum Gasteiger partial charge on any atom is 0.242 e. The van der Waals surface area contributed by atoms with E-state index in [1.165, 1.54) is 19.5 Å². The third-order valence-electron chi connectivity index (χ3n) is 2.89. The standard InChI is InChI=1S/C11H16N2O3S/c1-13-17(14,15)11-6-5-9(7-10(11)12)16-8-3-2-4-8/h5-8,13H,2-4,12H2,1H3. The third-order valence-corrected chi connectivity index (χ3v) is 4.38. The molecule has 0 aliphatic heterocycles. The van der Waals surface area contributed by atoms with Crippen LogP contribution in [0.2, 0.25) is 0 Å². The molecule has 0 radical (unpaired) electrons. The van der Waals surface area contributed by atoms with E-state index < -0.39 is 10.0 Å². The molecule has 1 aliphatic carbocycles. The minimum absolute atomic E-state index is 0.0842. The number of hydrogen-bond acceptors (Lipinski definition) is 4. The SMILES string of the molecule is CNS(=O)(=O)c1ccc(OC2CCC2)cc1N. The highest BCUT2D eigenvalue weighted by Crippen LogP contribution is 2.28. The van der Waals surface area contributed by atoms with Gasteiger partial charge in [-0.05, 0) is 38.4 Å². The second-order valence-corrected chi connectivity index (χ2v) is 5.93. The molecule has 6 heteroatoms. The quantitative estimate of drug-likeness (QED) is 0.791. The first-order chi connectivity index (χ1) is 8.03. The zero-order valence-electron chi connectivity index (χ0n) is 9.64. The number of hydrogen-bond donors (Lipinski definition) is 2. The lowest BCUT2D eigenvalue weighted by molar-refractivity contribution is 0.120. The summed E-state index contributed by atoms with van der Waals surface area (Å²) >= 11 is 0. The van der Waals surface area contributed by atoms with E-state index >= 15 is 0 Å². The Morgan fingerprint density at radius 2 is 2.12 bits per heavy atom. The summed E-state index contributed by atoms with van der Waals surface area (Å²) in [5, 5.41) is 0. The number of nitrogens with one attached hydrogen (secondary N) is 1. The van der Waals surface area contributed by atoms with Gasteiger partial charge in [0.25, 0.3) is 0 Å². The van der Waals surface area contributed by atoms with Crippen LogP contribution >= 0.6 is 0 Å². The van der Waals surface area contributed by atoms with Gasteiger partial charge in [0.05, 0.1) is 11.8 Å². The molecular formula is C11H16N2O3S. The molecule has 0 heterocycles. The van der Waals surface area contributed by atoms with E-state index in [0.29, 0.717) is 5.75 Å². The van der Waals surface area contributed by atoms with Crippen molar-refractivity contribution in [2.75, 3.05) is 12.8 Å². The first-order valence-electron chi connectivity index (χ1n) is 5.52. The van der Waals surface area contributed by atoms with Crippen molar-refractivity contribution in [3.8, 4) is 5.75 Å². The summed E-state index contributed by atoms with van der Waals surface area (Å²) < 4.78 is 31.1.